The molecule has 1 aliphatic rings. The van der Waals surface area contributed by atoms with Crippen LogP contribution in [-0.2, 0) is 16.1 Å². The summed E-state index contributed by atoms with van der Waals surface area (Å²) in [6.07, 6.45) is 0.00190. The van der Waals surface area contributed by atoms with E-state index in [0.29, 0.717) is 0 Å². The number of carboxylic acid groups (broad SMARTS) is 1. The monoisotopic (exact) mass is 285 g/mol. The minimum Gasteiger partial charge on any atom is -0.481 e. The Bertz CT molecular complexity index is 504. The summed E-state index contributed by atoms with van der Waals surface area (Å²) in [5.74, 6) is -1.84. The van der Waals surface area contributed by atoms with Gasteiger partial charge in [-0.3, -0.25) is 9.59 Å². The van der Waals surface area contributed by atoms with Crippen LogP contribution >= 0.6 is 0 Å². The van der Waals surface area contributed by atoms with E-state index >= 15 is 0 Å². The molecular weight excluding hydrogens is 272 g/mol. The number of nitrogens with zero attached hydrogens (tertiary/aromatic N) is 1. The third kappa shape index (κ3) is 3.43. The predicted octanol–water partition coefficient (Wildman–Crippen LogP) is 1.72. The Labute approximate surface area is 113 Å². The van der Waals surface area contributed by atoms with E-state index in [1.165, 1.54) is 17.0 Å². The molecule has 1 aromatic carbocycles. The quantitative estimate of drug-likeness (QED) is 0.894. The van der Waals surface area contributed by atoms with Crippen LogP contribution in [0.3, 0.4) is 0 Å². The molecule has 1 aliphatic heterocycles. The highest BCUT2D eigenvalue weighted by atomic mass is 19.3. The summed E-state index contributed by atoms with van der Waals surface area (Å²) in [6, 6.07) is 5.91. The molecule has 1 unspecified atom stereocenters. The topological polar surface area (TPSA) is 66.8 Å². The molecule has 1 amide bonds. The molecule has 0 saturated carbocycles. The van der Waals surface area contributed by atoms with Crippen molar-refractivity contribution in [2.24, 2.45) is 5.92 Å². The van der Waals surface area contributed by atoms with Gasteiger partial charge in [0.2, 0.25) is 5.91 Å². The van der Waals surface area contributed by atoms with Crippen LogP contribution in [0.2, 0.25) is 0 Å². The van der Waals surface area contributed by atoms with Crippen molar-refractivity contribution in [2.75, 3.05) is 6.54 Å². The lowest BCUT2D eigenvalue weighted by molar-refractivity contribution is -0.141. The molecule has 1 fully saturated rings. The summed E-state index contributed by atoms with van der Waals surface area (Å²) < 4.78 is 28.2. The number of carbonyl (C=O) groups excluding carboxylic acids is 1. The highest BCUT2D eigenvalue weighted by Crippen LogP contribution is 2.21. The molecule has 5 nitrogen and oxygen atoms in total. The molecule has 0 aromatic heterocycles. The van der Waals surface area contributed by atoms with Gasteiger partial charge in [-0.1, -0.05) is 12.1 Å². The highest BCUT2D eigenvalue weighted by Gasteiger charge is 2.33. The Balaban J connectivity index is 1.97. The zero-order valence-corrected chi connectivity index (χ0v) is 10.5. The van der Waals surface area contributed by atoms with Crippen molar-refractivity contribution in [2.45, 2.75) is 19.6 Å². The molecular formula is C13H13F2NO4. The van der Waals surface area contributed by atoms with E-state index in [2.05, 4.69) is 4.74 Å². The first-order chi connectivity index (χ1) is 9.45. The van der Waals surface area contributed by atoms with Crippen molar-refractivity contribution in [1.29, 1.82) is 0 Å². The van der Waals surface area contributed by atoms with Gasteiger partial charge in [0.05, 0.1) is 5.92 Å². The number of hydrogen-bond donors (Lipinski definition) is 1. The van der Waals surface area contributed by atoms with Crippen molar-refractivity contribution < 1.29 is 28.2 Å². The van der Waals surface area contributed by atoms with Gasteiger partial charge >= 0.3 is 12.6 Å². The van der Waals surface area contributed by atoms with E-state index in [1.54, 1.807) is 12.1 Å². The van der Waals surface area contributed by atoms with Gasteiger partial charge in [0.1, 0.15) is 5.75 Å². The van der Waals surface area contributed by atoms with Gasteiger partial charge in [0.15, 0.2) is 0 Å². The van der Waals surface area contributed by atoms with Gasteiger partial charge in [-0.05, 0) is 17.7 Å². The summed E-state index contributed by atoms with van der Waals surface area (Å²) in [6.45, 7) is -2.45. The third-order valence-corrected chi connectivity index (χ3v) is 3.09. The maximum atomic E-state index is 12.0. The Morgan fingerprint density at radius 1 is 1.40 bits per heavy atom. The van der Waals surface area contributed by atoms with E-state index in [4.69, 9.17) is 5.11 Å². The molecule has 0 aliphatic carbocycles. The fourth-order valence-corrected chi connectivity index (χ4v) is 2.09. The third-order valence-electron chi connectivity index (χ3n) is 3.09. The van der Waals surface area contributed by atoms with E-state index in [9.17, 15) is 18.4 Å². The molecule has 0 spiro atoms. The lowest BCUT2D eigenvalue weighted by Gasteiger charge is -2.16. The number of aliphatic carboxylic acids is 1. The molecule has 1 N–H and O–H groups in total. The second kappa shape index (κ2) is 5.85. The average molecular weight is 285 g/mol. The van der Waals surface area contributed by atoms with Gasteiger partial charge in [0.25, 0.3) is 0 Å². The summed E-state index contributed by atoms with van der Waals surface area (Å²) in [5, 5.41) is 8.87. The van der Waals surface area contributed by atoms with E-state index in [1.807, 2.05) is 0 Å². The van der Waals surface area contributed by atoms with Gasteiger partial charge in [-0.2, -0.15) is 8.78 Å². The lowest BCUT2D eigenvalue weighted by Crippen LogP contribution is -2.25. The second-order valence-electron chi connectivity index (χ2n) is 4.54. The van der Waals surface area contributed by atoms with Crippen molar-refractivity contribution in [3.63, 3.8) is 0 Å². The standard InChI is InChI=1S/C13H13F2NO4/c14-13(15)20-10-3-1-8(2-4-10)6-16-7-9(12(18)19)5-11(16)17/h1-4,9,13H,5-7H2,(H,18,19). The molecule has 2 rings (SSSR count). The maximum absolute atomic E-state index is 12.0. The molecule has 1 aromatic rings. The average Bonchev–Trinajstić information content (AvgIpc) is 2.73. The van der Waals surface area contributed by atoms with Crippen LogP contribution in [0.15, 0.2) is 24.3 Å². The molecule has 7 heteroatoms. The van der Waals surface area contributed by atoms with E-state index in [-0.39, 0.29) is 31.2 Å². The zero-order chi connectivity index (χ0) is 14.7. The van der Waals surface area contributed by atoms with Crippen molar-refractivity contribution in [3.8, 4) is 5.75 Å². The number of carbonyl (C=O) groups is 2. The van der Waals surface area contributed by atoms with Crippen molar-refractivity contribution >= 4 is 11.9 Å². The van der Waals surface area contributed by atoms with Crippen LogP contribution in [0.5, 0.6) is 5.75 Å². The summed E-state index contributed by atoms with van der Waals surface area (Å²) in [4.78, 5) is 23.9. The number of amides is 1. The van der Waals surface area contributed by atoms with Crippen LogP contribution in [0.4, 0.5) is 8.78 Å². The normalized spacial score (nSPS) is 18.6. The summed E-state index contributed by atoms with van der Waals surface area (Å²) in [7, 11) is 0. The molecule has 1 heterocycles. The number of likely N-dealkylation sites (tertiary alicyclic amines) is 1. The number of halogens is 2. The number of rotatable bonds is 5. The van der Waals surface area contributed by atoms with Crippen molar-refractivity contribution in [1.82, 2.24) is 4.90 Å². The first-order valence-electron chi connectivity index (χ1n) is 6.00. The first-order valence-corrected chi connectivity index (χ1v) is 6.00. The fraction of sp³-hybridized carbons (Fsp3) is 0.385. The predicted molar refractivity (Wildman–Crippen MR) is 64.2 cm³/mol. The Morgan fingerprint density at radius 2 is 2.05 bits per heavy atom. The number of alkyl halides is 2. The van der Waals surface area contributed by atoms with E-state index in [0.717, 1.165) is 5.56 Å². The van der Waals surface area contributed by atoms with Gasteiger partial charge < -0.3 is 14.7 Å². The Hall–Kier alpha value is -2.18. The largest absolute Gasteiger partial charge is 0.481 e. The lowest BCUT2D eigenvalue weighted by atomic mass is 10.1. The number of benzene rings is 1. The summed E-state index contributed by atoms with van der Waals surface area (Å²) in [5.41, 5.74) is 0.728. The number of hydrogen-bond acceptors (Lipinski definition) is 3. The molecule has 108 valence electrons. The van der Waals surface area contributed by atoms with Crippen molar-refractivity contribution in [3.05, 3.63) is 29.8 Å². The first kappa shape index (κ1) is 14.2. The smallest absolute Gasteiger partial charge is 0.387 e. The van der Waals surface area contributed by atoms with Gasteiger partial charge in [-0.25, -0.2) is 0 Å². The minimum atomic E-state index is -2.88. The zero-order valence-electron chi connectivity index (χ0n) is 10.5. The highest BCUT2D eigenvalue weighted by molar-refractivity contribution is 5.86. The Kier molecular flexibility index (Phi) is 4.16. The molecule has 1 atom stereocenters. The van der Waals surface area contributed by atoms with Crippen LogP contribution in [0, 0.1) is 5.92 Å². The van der Waals surface area contributed by atoms with Crippen LogP contribution < -0.4 is 4.74 Å². The van der Waals surface area contributed by atoms with Gasteiger partial charge in [-0.15, -0.1) is 0 Å². The number of carboxylic acids is 1. The molecule has 20 heavy (non-hydrogen) atoms. The van der Waals surface area contributed by atoms with Crippen LogP contribution in [-0.4, -0.2) is 35.0 Å². The van der Waals surface area contributed by atoms with Gasteiger partial charge in [0, 0.05) is 19.5 Å². The second-order valence-corrected chi connectivity index (χ2v) is 4.54. The Morgan fingerprint density at radius 3 is 2.55 bits per heavy atom. The van der Waals surface area contributed by atoms with Crippen LogP contribution in [0.1, 0.15) is 12.0 Å². The fourth-order valence-electron chi connectivity index (χ4n) is 2.09. The van der Waals surface area contributed by atoms with E-state index < -0.39 is 18.5 Å². The molecule has 0 bridgehead atoms. The molecule has 1 saturated heterocycles. The number of ether oxygens (including phenoxy) is 1. The SMILES string of the molecule is O=C(O)C1CC(=O)N(Cc2ccc(OC(F)F)cc2)C1. The maximum Gasteiger partial charge on any atom is 0.387 e. The van der Waals surface area contributed by atoms with Crippen LogP contribution in [0.25, 0.3) is 0 Å². The molecule has 0 radical (unpaired) electrons. The summed E-state index contributed by atoms with van der Waals surface area (Å²) >= 11 is 0. The minimum absolute atomic E-state index is 0.00190.